The molecule has 1 unspecified atom stereocenters. The molecule has 4 nitrogen and oxygen atoms in total. The van der Waals surface area contributed by atoms with E-state index in [4.69, 9.17) is 18.9 Å². The summed E-state index contributed by atoms with van der Waals surface area (Å²) in [5.41, 5.74) is 0. The molecule has 0 heterocycles. The number of hydrogen-bond acceptors (Lipinski definition) is 4. The van der Waals surface area contributed by atoms with Gasteiger partial charge in [-0.3, -0.25) is 0 Å². The lowest BCUT2D eigenvalue weighted by molar-refractivity contribution is -0.248. The van der Waals surface area contributed by atoms with E-state index in [-0.39, 0.29) is 0 Å². The van der Waals surface area contributed by atoms with Gasteiger partial charge in [0.2, 0.25) is 0 Å². The van der Waals surface area contributed by atoms with Gasteiger partial charge in [-0.15, -0.1) is 0 Å². The summed E-state index contributed by atoms with van der Waals surface area (Å²) in [4.78, 5) is 0. The van der Waals surface area contributed by atoms with Crippen molar-refractivity contribution in [2.45, 2.75) is 123 Å². The van der Waals surface area contributed by atoms with Gasteiger partial charge in [0.1, 0.15) is 0 Å². The summed E-state index contributed by atoms with van der Waals surface area (Å²) in [5.74, 6) is -0.0925. The van der Waals surface area contributed by atoms with Crippen molar-refractivity contribution >= 4 is 0 Å². The van der Waals surface area contributed by atoms with Crippen LogP contribution >= 0.6 is 0 Å². The van der Waals surface area contributed by atoms with E-state index in [0.29, 0.717) is 5.92 Å². The van der Waals surface area contributed by atoms with E-state index in [2.05, 4.69) is 20.8 Å². The zero-order chi connectivity index (χ0) is 22.3. The molecule has 0 bridgehead atoms. The Bertz CT molecular complexity index is 315. The zero-order valence-corrected chi connectivity index (χ0v) is 21.1. The first-order valence-corrected chi connectivity index (χ1v) is 13.0. The van der Waals surface area contributed by atoms with Gasteiger partial charge in [-0.25, -0.2) is 0 Å². The Kier molecular flexibility index (Phi) is 21.9. The molecule has 0 radical (unpaired) electrons. The minimum Gasteiger partial charge on any atom is -0.381 e. The molecule has 0 aliphatic heterocycles. The molecule has 0 rings (SSSR count). The maximum Gasteiger partial charge on any atom is 0.170 e. The summed E-state index contributed by atoms with van der Waals surface area (Å²) in [5, 5.41) is 0. The first-order chi connectivity index (χ1) is 14.7. The van der Waals surface area contributed by atoms with Gasteiger partial charge in [0.25, 0.3) is 0 Å². The molecule has 1 atom stereocenters. The highest BCUT2D eigenvalue weighted by Gasteiger charge is 2.38. The van der Waals surface area contributed by atoms with Crippen LogP contribution in [0, 0.1) is 5.92 Å². The van der Waals surface area contributed by atoms with Crippen LogP contribution in [-0.4, -0.2) is 46.4 Å². The highest BCUT2D eigenvalue weighted by molar-refractivity contribution is 4.80. The lowest BCUT2D eigenvalue weighted by Crippen LogP contribution is -2.42. The number of hydrogen-bond donors (Lipinski definition) is 0. The molecule has 0 amide bonds. The van der Waals surface area contributed by atoms with Crippen molar-refractivity contribution in [3.8, 4) is 0 Å². The average molecular weight is 431 g/mol. The third-order valence-electron chi connectivity index (χ3n) is 6.16. The van der Waals surface area contributed by atoms with Crippen LogP contribution in [0.3, 0.4) is 0 Å². The second-order valence-corrected chi connectivity index (χ2v) is 8.65. The van der Waals surface area contributed by atoms with Gasteiger partial charge < -0.3 is 18.9 Å². The lowest BCUT2D eigenvalue weighted by atomic mass is 9.85. The summed E-state index contributed by atoms with van der Waals surface area (Å²) in [6.07, 6.45) is 17.8. The van der Waals surface area contributed by atoms with Gasteiger partial charge >= 0.3 is 0 Å². The van der Waals surface area contributed by atoms with Gasteiger partial charge in [-0.2, -0.15) is 0 Å². The third kappa shape index (κ3) is 14.8. The van der Waals surface area contributed by atoms with E-state index in [1.165, 1.54) is 57.8 Å². The Morgan fingerprint density at radius 1 is 0.533 bits per heavy atom. The third-order valence-corrected chi connectivity index (χ3v) is 6.16. The molecular formula is C26H54O4. The topological polar surface area (TPSA) is 36.9 Å². The van der Waals surface area contributed by atoms with Crippen LogP contribution in [0.5, 0.6) is 0 Å². The standard InChI is InChI=1S/C26H54O4/c1-6-9-12-13-14-15-18-25(19-16-23-29-21-10-7-2)26(27-4,28-5)20-17-24-30-22-11-8-3/h25H,6-24H2,1-5H3. The van der Waals surface area contributed by atoms with Crippen molar-refractivity contribution < 1.29 is 18.9 Å². The second kappa shape index (κ2) is 22.0. The molecule has 0 aromatic rings. The van der Waals surface area contributed by atoms with Crippen molar-refractivity contribution in [2.75, 3.05) is 40.6 Å². The summed E-state index contributed by atoms with van der Waals surface area (Å²) in [6, 6.07) is 0. The highest BCUT2D eigenvalue weighted by Crippen LogP contribution is 2.35. The molecule has 0 saturated heterocycles. The lowest BCUT2D eigenvalue weighted by Gasteiger charge is -2.39. The van der Waals surface area contributed by atoms with Crippen molar-refractivity contribution in [2.24, 2.45) is 5.92 Å². The summed E-state index contributed by atoms with van der Waals surface area (Å²) >= 11 is 0. The van der Waals surface area contributed by atoms with Gasteiger partial charge in [0, 0.05) is 53.0 Å². The summed E-state index contributed by atoms with van der Waals surface area (Å²) in [6.45, 7) is 10.1. The summed E-state index contributed by atoms with van der Waals surface area (Å²) < 4.78 is 23.7. The molecule has 0 aliphatic rings. The van der Waals surface area contributed by atoms with E-state index < -0.39 is 5.79 Å². The zero-order valence-electron chi connectivity index (χ0n) is 21.1. The Morgan fingerprint density at radius 3 is 1.57 bits per heavy atom. The van der Waals surface area contributed by atoms with E-state index >= 15 is 0 Å². The molecule has 0 saturated carbocycles. The van der Waals surface area contributed by atoms with E-state index in [0.717, 1.165) is 65.0 Å². The van der Waals surface area contributed by atoms with Gasteiger partial charge in [-0.05, 0) is 38.5 Å². The molecule has 0 aliphatic carbocycles. The molecule has 0 spiro atoms. The first kappa shape index (κ1) is 29.8. The number of ether oxygens (including phenoxy) is 4. The maximum absolute atomic E-state index is 6.05. The molecule has 30 heavy (non-hydrogen) atoms. The molecule has 0 aromatic carbocycles. The van der Waals surface area contributed by atoms with Gasteiger partial charge in [-0.1, -0.05) is 72.1 Å². The van der Waals surface area contributed by atoms with Crippen LogP contribution in [-0.2, 0) is 18.9 Å². The van der Waals surface area contributed by atoms with Crippen molar-refractivity contribution in [1.82, 2.24) is 0 Å². The SMILES string of the molecule is CCCCCCCCC(CCCOCCCC)C(CCCOCCCC)(OC)OC. The highest BCUT2D eigenvalue weighted by atomic mass is 16.7. The summed E-state index contributed by atoms with van der Waals surface area (Å²) in [7, 11) is 3.63. The van der Waals surface area contributed by atoms with E-state index in [9.17, 15) is 0 Å². The maximum atomic E-state index is 6.05. The fourth-order valence-corrected chi connectivity index (χ4v) is 4.13. The van der Waals surface area contributed by atoms with Gasteiger partial charge in [0.15, 0.2) is 5.79 Å². The predicted octanol–water partition coefficient (Wildman–Crippen LogP) is 7.54. The minimum absolute atomic E-state index is 0.407. The molecule has 0 N–H and O–H groups in total. The molecular weight excluding hydrogens is 376 g/mol. The van der Waals surface area contributed by atoms with Crippen LogP contribution in [0.1, 0.15) is 117 Å². The first-order valence-electron chi connectivity index (χ1n) is 13.0. The fourth-order valence-electron chi connectivity index (χ4n) is 4.13. The predicted molar refractivity (Wildman–Crippen MR) is 128 cm³/mol. The normalized spacial score (nSPS) is 13.1. The van der Waals surface area contributed by atoms with Crippen molar-refractivity contribution in [3.05, 3.63) is 0 Å². The average Bonchev–Trinajstić information content (AvgIpc) is 2.77. The minimum atomic E-state index is -0.499. The van der Waals surface area contributed by atoms with E-state index in [1.54, 1.807) is 0 Å². The number of methoxy groups -OCH3 is 2. The number of rotatable bonds is 24. The van der Waals surface area contributed by atoms with Crippen LogP contribution < -0.4 is 0 Å². The van der Waals surface area contributed by atoms with Crippen molar-refractivity contribution in [3.63, 3.8) is 0 Å². The molecule has 0 aromatic heterocycles. The van der Waals surface area contributed by atoms with Gasteiger partial charge in [0.05, 0.1) is 0 Å². The van der Waals surface area contributed by atoms with Crippen LogP contribution in [0.4, 0.5) is 0 Å². The fraction of sp³-hybridized carbons (Fsp3) is 1.00. The molecule has 182 valence electrons. The Balaban J connectivity index is 4.63. The van der Waals surface area contributed by atoms with Crippen LogP contribution in [0.2, 0.25) is 0 Å². The number of unbranched alkanes of at least 4 members (excludes halogenated alkanes) is 7. The van der Waals surface area contributed by atoms with E-state index in [1.807, 2.05) is 14.2 Å². The Labute approximate surface area is 188 Å². The van der Waals surface area contributed by atoms with Crippen LogP contribution in [0.15, 0.2) is 0 Å². The Morgan fingerprint density at radius 2 is 1.00 bits per heavy atom. The largest absolute Gasteiger partial charge is 0.381 e. The smallest absolute Gasteiger partial charge is 0.170 e. The van der Waals surface area contributed by atoms with Crippen LogP contribution in [0.25, 0.3) is 0 Å². The monoisotopic (exact) mass is 430 g/mol. The second-order valence-electron chi connectivity index (χ2n) is 8.65. The Hall–Kier alpha value is -0.160. The molecule has 4 heteroatoms. The van der Waals surface area contributed by atoms with Crippen molar-refractivity contribution in [1.29, 1.82) is 0 Å². The molecule has 0 fully saturated rings. The quantitative estimate of drug-likeness (QED) is 0.117.